The van der Waals surface area contributed by atoms with E-state index in [0.29, 0.717) is 19.4 Å². The predicted octanol–water partition coefficient (Wildman–Crippen LogP) is 18.9. The summed E-state index contributed by atoms with van der Waals surface area (Å²) >= 11 is 0. The van der Waals surface area contributed by atoms with Gasteiger partial charge in [-0.15, -0.1) is 0 Å². The molecule has 6 N–H and O–H groups in total. The first-order chi connectivity index (χ1) is 42.2. The molecule has 1 rings (SSSR count). The van der Waals surface area contributed by atoms with Crippen LogP contribution in [-0.2, 0) is 23.8 Å². The minimum atomic E-state index is -1.58. The molecule has 7 unspecified atom stereocenters. The number of hydrogen-bond donors (Lipinski definition) is 6. The first-order valence-corrected chi connectivity index (χ1v) is 36.6. The number of allylic oxidation sites excluding steroid dienone is 9. The number of unbranched alkanes of at least 4 members (excludes halogenated alkanes) is 42. The minimum Gasteiger partial charge on any atom is -0.466 e. The summed E-state index contributed by atoms with van der Waals surface area (Å²) in [4.78, 5) is 25.1. The summed E-state index contributed by atoms with van der Waals surface area (Å²) < 4.78 is 16.7. The van der Waals surface area contributed by atoms with E-state index in [1.807, 2.05) is 6.08 Å². The Morgan fingerprint density at radius 3 is 1.26 bits per heavy atom. The number of carbonyl (C=O) groups excluding carboxylic acids is 2. The quantitative estimate of drug-likeness (QED) is 0.0195. The molecule has 11 nitrogen and oxygen atoms in total. The lowest BCUT2D eigenvalue weighted by atomic mass is 9.99. The van der Waals surface area contributed by atoms with E-state index in [-0.39, 0.29) is 18.5 Å². The van der Waals surface area contributed by atoms with Crippen molar-refractivity contribution in [2.75, 3.05) is 19.8 Å². The highest BCUT2D eigenvalue weighted by Gasteiger charge is 2.44. The Morgan fingerprint density at radius 1 is 0.430 bits per heavy atom. The number of amides is 1. The van der Waals surface area contributed by atoms with Gasteiger partial charge in [-0.2, -0.15) is 0 Å². The molecule has 1 saturated heterocycles. The van der Waals surface area contributed by atoms with Crippen molar-refractivity contribution in [3.63, 3.8) is 0 Å². The van der Waals surface area contributed by atoms with Gasteiger partial charge in [0.1, 0.15) is 24.4 Å². The van der Waals surface area contributed by atoms with Crippen LogP contribution in [0.15, 0.2) is 60.8 Å². The molecule has 502 valence electrons. The lowest BCUT2D eigenvalue weighted by Crippen LogP contribution is -2.60. The third-order valence-electron chi connectivity index (χ3n) is 17.1. The molecule has 1 fully saturated rings. The molecule has 1 heterocycles. The number of nitrogens with one attached hydrogen (secondary N) is 1. The van der Waals surface area contributed by atoms with Crippen molar-refractivity contribution < 1.29 is 49.3 Å². The van der Waals surface area contributed by atoms with Crippen LogP contribution in [0, 0.1) is 0 Å². The monoisotopic (exact) mass is 1210 g/mol. The second-order valence-corrected chi connectivity index (χ2v) is 25.3. The van der Waals surface area contributed by atoms with E-state index in [0.717, 1.165) is 70.6 Å². The average Bonchev–Trinajstić information content (AvgIpc) is 3.61. The van der Waals surface area contributed by atoms with Crippen LogP contribution in [-0.4, -0.2) is 100 Å². The topological polar surface area (TPSA) is 175 Å². The van der Waals surface area contributed by atoms with Gasteiger partial charge >= 0.3 is 5.97 Å². The Labute approximate surface area is 528 Å². The normalized spacial score (nSPS) is 18.2. The smallest absolute Gasteiger partial charge is 0.305 e. The van der Waals surface area contributed by atoms with E-state index >= 15 is 0 Å². The zero-order chi connectivity index (χ0) is 62.3. The van der Waals surface area contributed by atoms with Crippen LogP contribution in [0.1, 0.15) is 341 Å². The van der Waals surface area contributed by atoms with Gasteiger partial charge in [-0.25, -0.2) is 0 Å². The van der Waals surface area contributed by atoms with Crippen molar-refractivity contribution in [3.05, 3.63) is 60.8 Å². The highest BCUT2D eigenvalue weighted by Crippen LogP contribution is 2.23. The van der Waals surface area contributed by atoms with Gasteiger partial charge in [0.25, 0.3) is 0 Å². The molecule has 1 amide bonds. The molecule has 86 heavy (non-hydrogen) atoms. The molecule has 0 aromatic rings. The number of carbonyl (C=O) groups is 2. The molecule has 1 aliphatic rings. The Kier molecular flexibility index (Phi) is 60.5. The number of esters is 1. The maximum atomic E-state index is 13.1. The molecule has 1 aliphatic heterocycles. The molecular weight excluding hydrogens is 1070 g/mol. The molecule has 0 aliphatic carbocycles. The largest absolute Gasteiger partial charge is 0.466 e. The number of ether oxygens (including phenoxy) is 3. The Balaban J connectivity index is 1.95. The van der Waals surface area contributed by atoms with Gasteiger partial charge in [0.2, 0.25) is 5.91 Å². The lowest BCUT2D eigenvalue weighted by molar-refractivity contribution is -0.302. The van der Waals surface area contributed by atoms with Gasteiger partial charge < -0.3 is 45.1 Å². The van der Waals surface area contributed by atoms with Gasteiger partial charge in [0.15, 0.2) is 6.29 Å². The summed E-state index contributed by atoms with van der Waals surface area (Å²) in [6.07, 6.45) is 75.2. The van der Waals surface area contributed by atoms with Crippen LogP contribution in [0.5, 0.6) is 0 Å². The van der Waals surface area contributed by atoms with Crippen LogP contribution in [0.4, 0.5) is 0 Å². The summed E-state index contributed by atoms with van der Waals surface area (Å²) in [5, 5.41) is 54.4. The van der Waals surface area contributed by atoms with Crippen LogP contribution in [0.3, 0.4) is 0 Å². The number of rotatable bonds is 64. The van der Waals surface area contributed by atoms with Crippen molar-refractivity contribution in [1.82, 2.24) is 5.32 Å². The Hall–Kier alpha value is -2.64. The van der Waals surface area contributed by atoms with E-state index in [2.05, 4.69) is 67.8 Å². The van der Waals surface area contributed by atoms with Crippen molar-refractivity contribution in [1.29, 1.82) is 0 Å². The van der Waals surface area contributed by atoms with E-state index in [1.165, 1.54) is 244 Å². The van der Waals surface area contributed by atoms with Gasteiger partial charge in [0.05, 0.1) is 32.0 Å². The molecule has 11 heteroatoms. The standard InChI is InChI=1S/C75H137NO10/c1-3-5-7-9-11-13-15-42-45-49-53-57-61-68(78)67(66-85-75-74(83)73(82)72(81)69(65-77)86-75)76-70(79)62-58-54-50-46-43-39-37-35-33-31-29-27-25-23-21-19-17-16-18-20-22-24-26-28-30-32-34-36-38-40-44-48-52-56-60-64-84-71(80)63-59-55-51-47-41-14-12-10-8-6-4-2/h9,11,18,20,24,26,42,45,57,61,67-69,72-75,77-78,81-83H,3-8,10,12-17,19,21-23,25,27-41,43-44,46-56,58-60,62-66H2,1-2H3,(H,76,79)/b11-9+,20-18-,26-24-,45-42+,61-57+. The number of aliphatic hydroxyl groups is 5. The molecule has 0 aromatic carbocycles. The Morgan fingerprint density at radius 2 is 0.802 bits per heavy atom. The van der Waals surface area contributed by atoms with Crippen molar-refractivity contribution in [2.45, 2.75) is 384 Å². The zero-order valence-electron chi connectivity index (χ0n) is 55.8. The molecular formula is C75H137NO10. The fraction of sp³-hybridized carbons (Fsp3) is 0.840. The number of aliphatic hydroxyl groups excluding tert-OH is 5. The fourth-order valence-electron chi connectivity index (χ4n) is 11.3. The third kappa shape index (κ3) is 52.2. The second-order valence-electron chi connectivity index (χ2n) is 25.3. The fourth-order valence-corrected chi connectivity index (χ4v) is 11.3. The maximum Gasteiger partial charge on any atom is 0.305 e. The van der Waals surface area contributed by atoms with Gasteiger partial charge in [-0.3, -0.25) is 9.59 Å². The summed E-state index contributed by atoms with van der Waals surface area (Å²) in [6, 6.07) is -0.833. The number of hydrogen-bond acceptors (Lipinski definition) is 10. The van der Waals surface area contributed by atoms with Crippen molar-refractivity contribution >= 4 is 11.9 Å². The lowest BCUT2D eigenvalue weighted by Gasteiger charge is -2.40. The van der Waals surface area contributed by atoms with Crippen LogP contribution >= 0.6 is 0 Å². The SMILES string of the molecule is CCCC/C=C/CC/C=C/CC/C=C/C(O)C(COC1OC(CO)C(O)C(O)C1O)NC(=O)CCCCCCCCCCCCCCCCCCC/C=C\C/C=C\CCCCCCCCCCCCCOC(=O)CCCCCCCCCCCCC. The van der Waals surface area contributed by atoms with E-state index in [1.54, 1.807) is 6.08 Å². The summed E-state index contributed by atoms with van der Waals surface area (Å²) in [7, 11) is 0. The molecule has 0 bridgehead atoms. The summed E-state index contributed by atoms with van der Waals surface area (Å²) in [6.45, 7) is 4.30. The molecule has 0 radical (unpaired) electrons. The average molecular weight is 1210 g/mol. The van der Waals surface area contributed by atoms with E-state index in [4.69, 9.17) is 14.2 Å². The van der Waals surface area contributed by atoms with Gasteiger partial charge in [-0.1, -0.05) is 306 Å². The maximum absolute atomic E-state index is 13.1. The summed E-state index contributed by atoms with van der Waals surface area (Å²) in [5.41, 5.74) is 0. The zero-order valence-corrected chi connectivity index (χ0v) is 55.8. The second kappa shape index (κ2) is 63.9. The van der Waals surface area contributed by atoms with Crippen molar-refractivity contribution in [3.8, 4) is 0 Å². The van der Waals surface area contributed by atoms with Crippen molar-refractivity contribution in [2.24, 2.45) is 0 Å². The minimum absolute atomic E-state index is 0.00935. The third-order valence-corrected chi connectivity index (χ3v) is 17.1. The molecule has 0 aromatic heterocycles. The first-order valence-electron chi connectivity index (χ1n) is 36.6. The van der Waals surface area contributed by atoms with Gasteiger partial charge in [-0.05, 0) is 83.5 Å². The van der Waals surface area contributed by atoms with Gasteiger partial charge in [0, 0.05) is 12.8 Å². The van der Waals surface area contributed by atoms with E-state index in [9.17, 15) is 35.1 Å². The predicted molar refractivity (Wildman–Crippen MR) is 361 cm³/mol. The molecule has 7 atom stereocenters. The highest BCUT2D eigenvalue weighted by atomic mass is 16.7. The Bertz CT molecular complexity index is 1610. The van der Waals surface area contributed by atoms with E-state index < -0.39 is 49.5 Å². The van der Waals surface area contributed by atoms with Crippen LogP contribution < -0.4 is 5.32 Å². The molecule has 0 saturated carbocycles. The molecule has 0 spiro atoms. The van der Waals surface area contributed by atoms with Crippen LogP contribution in [0.2, 0.25) is 0 Å². The van der Waals surface area contributed by atoms with Crippen LogP contribution in [0.25, 0.3) is 0 Å². The summed E-state index contributed by atoms with van der Waals surface area (Å²) in [5.74, 6) is -0.185. The first kappa shape index (κ1) is 81.4. The highest BCUT2D eigenvalue weighted by molar-refractivity contribution is 5.76.